The van der Waals surface area contributed by atoms with Gasteiger partial charge in [-0.15, -0.1) is 11.3 Å². The van der Waals surface area contributed by atoms with E-state index in [0.29, 0.717) is 12.1 Å². The first-order valence-corrected chi connectivity index (χ1v) is 7.45. The highest BCUT2D eigenvalue weighted by Gasteiger charge is 2.34. The van der Waals surface area contributed by atoms with Crippen LogP contribution >= 0.6 is 11.3 Å². The van der Waals surface area contributed by atoms with Crippen molar-refractivity contribution in [1.82, 2.24) is 5.32 Å². The van der Waals surface area contributed by atoms with Crippen LogP contribution in [0.3, 0.4) is 0 Å². The van der Waals surface area contributed by atoms with Crippen LogP contribution in [0.5, 0.6) is 0 Å². The molecule has 0 bridgehead atoms. The maximum atomic E-state index is 13.4. The molecular formula is C15H15F4NS. The third-order valence-electron chi connectivity index (χ3n) is 3.06. The zero-order valence-corrected chi connectivity index (χ0v) is 12.2. The zero-order chi connectivity index (χ0) is 15.5. The van der Waals surface area contributed by atoms with E-state index in [2.05, 4.69) is 5.32 Å². The Hall–Kier alpha value is -1.40. The summed E-state index contributed by atoms with van der Waals surface area (Å²) in [5, 5.41) is 5.07. The van der Waals surface area contributed by atoms with Gasteiger partial charge in [0.15, 0.2) is 0 Å². The van der Waals surface area contributed by atoms with E-state index in [1.54, 1.807) is 0 Å². The van der Waals surface area contributed by atoms with Crippen LogP contribution in [-0.4, -0.2) is 6.54 Å². The van der Waals surface area contributed by atoms with Gasteiger partial charge in [0.2, 0.25) is 0 Å². The molecule has 2 aromatic rings. The molecule has 2 rings (SSSR count). The van der Waals surface area contributed by atoms with E-state index in [1.807, 2.05) is 24.4 Å². The third kappa shape index (κ3) is 3.83. The number of nitrogens with one attached hydrogen (secondary N) is 1. The predicted molar refractivity (Wildman–Crippen MR) is 75.9 cm³/mol. The van der Waals surface area contributed by atoms with E-state index in [-0.39, 0.29) is 6.04 Å². The van der Waals surface area contributed by atoms with Crippen molar-refractivity contribution < 1.29 is 17.6 Å². The molecule has 1 unspecified atom stereocenters. The van der Waals surface area contributed by atoms with Gasteiger partial charge >= 0.3 is 6.18 Å². The maximum Gasteiger partial charge on any atom is 0.419 e. The van der Waals surface area contributed by atoms with Crippen LogP contribution in [0.15, 0.2) is 35.7 Å². The van der Waals surface area contributed by atoms with Gasteiger partial charge in [0.25, 0.3) is 0 Å². The minimum atomic E-state index is -4.69. The molecular weight excluding hydrogens is 302 g/mol. The third-order valence-corrected chi connectivity index (χ3v) is 3.99. The van der Waals surface area contributed by atoms with Crippen LogP contribution in [0, 0.1) is 5.82 Å². The van der Waals surface area contributed by atoms with Gasteiger partial charge in [-0.25, -0.2) is 4.39 Å². The summed E-state index contributed by atoms with van der Waals surface area (Å²) in [6.07, 6.45) is -3.83. The van der Waals surface area contributed by atoms with Crippen LogP contribution < -0.4 is 5.32 Å². The Kier molecular flexibility index (Phi) is 5.00. The van der Waals surface area contributed by atoms with Crippen LogP contribution in [-0.2, 0) is 6.18 Å². The average Bonchev–Trinajstić information content (AvgIpc) is 2.93. The summed E-state index contributed by atoms with van der Waals surface area (Å²) in [6.45, 7) is 2.64. The Labute approximate surface area is 124 Å². The molecule has 6 heteroatoms. The van der Waals surface area contributed by atoms with Crippen molar-refractivity contribution in [3.63, 3.8) is 0 Å². The molecule has 114 valence electrons. The van der Waals surface area contributed by atoms with Gasteiger partial charge in [0.1, 0.15) is 5.82 Å². The lowest BCUT2D eigenvalue weighted by atomic mass is 10.0. The number of alkyl halides is 3. The zero-order valence-electron chi connectivity index (χ0n) is 11.4. The summed E-state index contributed by atoms with van der Waals surface area (Å²) in [7, 11) is 0. The minimum Gasteiger partial charge on any atom is -0.306 e. The molecule has 0 radical (unpaired) electrons. The molecule has 0 aliphatic carbocycles. The number of thiophene rings is 1. The van der Waals surface area contributed by atoms with Crippen LogP contribution in [0.2, 0.25) is 0 Å². The normalized spacial score (nSPS) is 13.4. The molecule has 1 N–H and O–H groups in total. The highest BCUT2D eigenvalue weighted by molar-refractivity contribution is 7.10. The second kappa shape index (κ2) is 6.58. The summed E-state index contributed by atoms with van der Waals surface area (Å²) >= 11 is 1.46. The molecule has 0 saturated heterocycles. The molecule has 1 aromatic heterocycles. The minimum absolute atomic E-state index is 0.355. The van der Waals surface area contributed by atoms with E-state index in [0.717, 1.165) is 23.4 Å². The quantitative estimate of drug-likeness (QED) is 0.766. The van der Waals surface area contributed by atoms with Gasteiger partial charge in [0, 0.05) is 4.88 Å². The SMILES string of the molecule is CCCNC(c1ccc(F)c(C(F)(F)F)c1)c1cccs1. The molecule has 1 aromatic carbocycles. The molecule has 1 nitrogen and oxygen atoms in total. The van der Waals surface area contributed by atoms with Gasteiger partial charge < -0.3 is 5.32 Å². The van der Waals surface area contributed by atoms with Gasteiger partial charge in [-0.05, 0) is 42.1 Å². The Morgan fingerprint density at radius 1 is 1.24 bits per heavy atom. The summed E-state index contributed by atoms with van der Waals surface area (Å²) in [5.74, 6) is -1.24. The van der Waals surface area contributed by atoms with Crippen LogP contribution in [0.1, 0.15) is 35.4 Å². The van der Waals surface area contributed by atoms with Crippen LogP contribution in [0.25, 0.3) is 0 Å². The lowest BCUT2D eigenvalue weighted by Gasteiger charge is -2.19. The van der Waals surface area contributed by atoms with Gasteiger partial charge in [-0.1, -0.05) is 19.1 Å². The molecule has 0 amide bonds. The van der Waals surface area contributed by atoms with Crippen molar-refractivity contribution in [2.24, 2.45) is 0 Å². The monoisotopic (exact) mass is 317 g/mol. The summed E-state index contributed by atoms with van der Waals surface area (Å²) in [6, 6.07) is 6.52. The van der Waals surface area contributed by atoms with Gasteiger partial charge in [0.05, 0.1) is 11.6 Å². The average molecular weight is 317 g/mol. The van der Waals surface area contributed by atoms with E-state index < -0.39 is 17.6 Å². The topological polar surface area (TPSA) is 12.0 Å². The van der Waals surface area contributed by atoms with Crippen molar-refractivity contribution in [1.29, 1.82) is 0 Å². The fourth-order valence-corrected chi connectivity index (χ4v) is 2.89. The largest absolute Gasteiger partial charge is 0.419 e. The standard InChI is InChI=1S/C15H15F4NS/c1-2-7-20-14(13-4-3-8-21-13)10-5-6-12(16)11(9-10)15(17,18)19/h3-6,8-9,14,20H,2,7H2,1H3. The van der Waals surface area contributed by atoms with Crippen molar-refractivity contribution in [3.8, 4) is 0 Å². The molecule has 0 spiro atoms. The molecule has 0 aliphatic rings. The molecule has 0 aliphatic heterocycles. The van der Waals surface area contributed by atoms with Crippen molar-refractivity contribution in [3.05, 3.63) is 57.5 Å². The van der Waals surface area contributed by atoms with Crippen molar-refractivity contribution in [2.75, 3.05) is 6.54 Å². The first-order valence-electron chi connectivity index (χ1n) is 6.57. The molecule has 1 atom stereocenters. The summed E-state index contributed by atoms with van der Waals surface area (Å²) < 4.78 is 51.9. The first kappa shape index (κ1) is 16.0. The predicted octanol–water partition coefficient (Wildman–Crippen LogP) is 5.00. The van der Waals surface area contributed by atoms with E-state index in [4.69, 9.17) is 0 Å². The second-order valence-electron chi connectivity index (χ2n) is 4.64. The fourth-order valence-electron chi connectivity index (χ4n) is 2.07. The van der Waals surface area contributed by atoms with E-state index in [1.165, 1.54) is 17.4 Å². The summed E-state index contributed by atoms with van der Waals surface area (Å²) in [4.78, 5) is 0.906. The van der Waals surface area contributed by atoms with Gasteiger partial charge in [-0.3, -0.25) is 0 Å². The highest BCUT2D eigenvalue weighted by Crippen LogP contribution is 2.34. The van der Waals surface area contributed by atoms with Crippen LogP contribution in [0.4, 0.5) is 17.6 Å². The molecule has 21 heavy (non-hydrogen) atoms. The Morgan fingerprint density at radius 3 is 2.57 bits per heavy atom. The lowest BCUT2D eigenvalue weighted by molar-refractivity contribution is -0.140. The van der Waals surface area contributed by atoms with Gasteiger partial charge in [-0.2, -0.15) is 13.2 Å². The number of halogens is 4. The van der Waals surface area contributed by atoms with E-state index in [9.17, 15) is 17.6 Å². The van der Waals surface area contributed by atoms with Crippen molar-refractivity contribution in [2.45, 2.75) is 25.6 Å². The number of hydrogen-bond donors (Lipinski definition) is 1. The smallest absolute Gasteiger partial charge is 0.306 e. The summed E-state index contributed by atoms with van der Waals surface area (Å²) in [5.41, 5.74) is -0.806. The number of hydrogen-bond acceptors (Lipinski definition) is 2. The van der Waals surface area contributed by atoms with E-state index >= 15 is 0 Å². The maximum absolute atomic E-state index is 13.4. The Balaban J connectivity index is 2.41. The molecule has 1 heterocycles. The molecule has 0 saturated carbocycles. The Bertz CT molecular complexity index is 578. The Morgan fingerprint density at radius 2 is 2.00 bits per heavy atom. The molecule has 0 fully saturated rings. The highest BCUT2D eigenvalue weighted by atomic mass is 32.1. The van der Waals surface area contributed by atoms with Crippen molar-refractivity contribution >= 4 is 11.3 Å². The number of benzene rings is 1. The lowest BCUT2D eigenvalue weighted by Crippen LogP contribution is -2.23. The number of rotatable bonds is 5. The fraction of sp³-hybridized carbons (Fsp3) is 0.333. The second-order valence-corrected chi connectivity index (χ2v) is 5.62. The first-order chi connectivity index (χ1) is 9.93.